The molecular formula is C12H18N4. The molecule has 4 heteroatoms. The van der Waals surface area contributed by atoms with E-state index in [4.69, 9.17) is 4.98 Å². The second kappa shape index (κ2) is 4.45. The number of rotatable bonds is 1. The Hall–Kier alpha value is -1.03. The van der Waals surface area contributed by atoms with Crippen LogP contribution in [0.25, 0.3) is 0 Å². The Balaban J connectivity index is 1.88. The zero-order chi connectivity index (χ0) is 10.8. The van der Waals surface area contributed by atoms with Crippen molar-refractivity contribution >= 4 is 0 Å². The van der Waals surface area contributed by atoms with Crippen molar-refractivity contribution in [3.63, 3.8) is 0 Å². The van der Waals surface area contributed by atoms with Crippen LogP contribution in [-0.4, -0.2) is 28.3 Å². The quantitative estimate of drug-likeness (QED) is 0.720. The van der Waals surface area contributed by atoms with Gasteiger partial charge in [-0.1, -0.05) is 6.42 Å². The van der Waals surface area contributed by atoms with Crippen LogP contribution in [0.1, 0.15) is 48.8 Å². The van der Waals surface area contributed by atoms with Crippen molar-refractivity contribution in [3.05, 3.63) is 17.2 Å². The molecule has 1 aliphatic carbocycles. The molecule has 1 aliphatic heterocycles. The van der Waals surface area contributed by atoms with Crippen molar-refractivity contribution in [3.8, 4) is 0 Å². The number of hydrogen-bond donors (Lipinski definition) is 1. The Bertz CT molecular complexity index is 371. The molecule has 1 unspecified atom stereocenters. The van der Waals surface area contributed by atoms with E-state index in [1.807, 2.05) is 0 Å². The Labute approximate surface area is 95.9 Å². The van der Waals surface area contributed by atoms with E-state index in [0.29, 0.717) is 5.92 Å². The summed E-state index contributed by atoms with van der Waals surface area (Å²) in [6.45, 7) is 2.10. The van der Waals surface area contributed by atoms with Crippen LogP contribution >= 0.6 is 0 Å². The third kappa shape index (κ3) is 1.94. The zero-order valence-electron chi connectivity index (χ0n) is 9.58. The van der Waals surface area contributed by atoms with Gasteiger partial charge in [0, 0.05) is 12.5 Å². The van der Waals surface area contributed by atoms with Gasteiger partial charge in [0.05, 0.1) is 11.4 Å². The second-order valence-electron chi connectivity index (χ2n) is 4.81. The van der Waals surface area contributed by atoms with Crippen LogP contribution in [0.3, 0.4) is 0 Å². The van der Waals surface area contributed by atoms with E-state index >= 15 is 0 Å². The van der Waals surface area contributed by atoms with Crippen molar-refractivity contribution in [2.75, 3.05) is 13.1 Å². The molecule has 86 valence electrons. The third-order valence-electron chi connectivity index (χ3n) is 3.61. The van der Waals surface area contributed by atoms with Crippen molar-refractivity contribution in [2.24, 2.45) is 0 Å². The predicted octanol–water partition coefficient (Wildman–Crippen LogP) is 1.22. The average molecular weight is 218 g/mol. The molecule has 0 aromatic carbocycles. The summed E-state index contributed by atoms with van der Waals surface area (Å²) in [4.78, 5) is 4.74. The standard InChI is InChI=1S/C12H18N4/c1-2-4-10-11(5-3-1)15-16-12(14-10)9-6-7-13-8-9/h9,13H,1-8H2. The molecule has 0 spiro atoms. The van der Waals surface area contributed by atoms with Crippen molar-refractivity contribution < 1.29 is 0 Å². The van der Waals surface area contributed by atoms with Gasteiger partial charge in [-0.2, -0.15) is 5.10 Å². The van der Waals surface area contributed by atoms with Gasteiger partial charge >= 0.3 is 0 Å². The number of fused-ring (bicyclic) bond motifs is 1. The van der Waals surface area contributed by atoms with E-state index in [0.717, 1.165) is 43.9 Å². The molecule has 2 heterocycles. The van der Waals surface area contributed by atoms with Gasteiger partial charge in [0.15, 0.2) is 5.82 Å². The normalized spacial score (nSPS) is 25.1. The minimum atomic E-state index is 0.487. The first-order valence-corrected chi connectivity index (χ1v) is 6.36. The lowest BCUT2D eigenvalue weighted by Crippen LogP contribution is -2.13. The Morgan fingerprint density at radius 2 is 1.88 bits per heavy atom. The van der Waals surface area contributed by atoms with Gasteiger partial charge in [0.1, 0.15) is 0 Å². The summed E-state index contributed by atoms with van der Waals surface area (Å²) in [5.74, 6) is 1.45. The Morgan fingerprint density at radius 3 is 2.69 bits per heavy atom. The minimum Gasteiger partial charge on any atom is -0.316 e. The Morgan fingerprint density at radius 1 is 1.00 bits per heavy atom. The molecule has 3 rings (SSSR count). The van der Waals surface area contributed by atoms with Gasteiger partial charge in [-0.3, -0.25) is 0 Å². The van der Waals surface area contributed by atoms with Crippen molar-refractivity contribution in [2.45, 2.75) is 44.4 Å². The molecule has 1 fully saturated rings. The van der Waals surface area contributed by atoms with E-state index in [9.17, 15) is 0 Å². The number of nitrogens with zero attached hydrogens (tertiary/aromatic N) is 3. The molecule has 1 N–H and O–H groups in total. The molecule has 1 aromatic heterocycles. The van der Waals surface area contributed by atoms with Gasteiger partial charge in [0.2, 0.25) is 0 Å². The van der Waals surface area contributed by atoms with Crippen LogP contribution in [0.15, 0.2) is 0 Å². The number of aromatic nitrogens is 3. The summed E-state index contributed by atoms with van der Waals surface area (Å²) in [5.41, 5.74) is 2.36. The first-order chi connectivity index (χ1) is 7.93. The van der Waals surface area contributed by atoms with E-state index in [1.165, 1.54) is 25.0 Å². The second-order valence-corrected chi connectivity index (χ2v) is 4.81. The molecule has 1 atom stereocenters. The fourth-order valence-electron chi connectivity index (χ4n) is 2.60. The highest BCUT2D eigenvalue weighted by Crippen LogP contribution is 2.21. The average Bonchev–Trinajstić information content (AvgIpc) is 2.74. The van der Waals surface area contributed by atoms with Crippen LogP contribution in [0, 0.1) is 0 Å². The SMILES string of the molecule is C1CCc2nnc(C3CCNC3)nc2CC1. The van der Waals surface area contributed by atoms with Gasteiger partial charge in [-0.25, -0.2) is 4.98 Å². The molecule has 16 heavy (non-hydrogen) atoms. The molecule has 0 radical (unpaired) electrons. The molecule has 2 aliphatic rings. The summed E-state index contributed by atoms with van der Waals surface area (Å²) in [6, 6.07) is 0. The Kier molecular flexibility index (Phi) is 2.82. The molecule has 0 saturated carbocycles. The fraction of sp³-hybridized carbons (Fsp3) is 0.750. The lowest BCUT2D eigenvalue weighted by molar-refractivity contribution is 0.654. The summed E-state index contributed by atoms with van der Waals surface area (Å²) in [5, 5.41) is 12.1. The minimum absolute atomic E-state index is 0.487. The first-order valence-electron chi connectivity index (χ1n) is 6.36. The molecule has 4 nitrogen and oxygen atoms in total. The maximum atomic E-state index is 4.74. The van der Waals surface area contributed by atoms with Crippen LogP contribution < -0.4 is 5.32 Å². The first kappa shape index (κ1) is 10.1. The van der Waals surface area contributed by atoms with Crippen molar-refractivity contribution in [1.82, 2.24) is 20.5 Å². The van der Waals surface area contributed by atoms with Gasteiger partial charge in [0.25, 0.3) is 0 Å². The number of aryl methyl sites for hydroxylation is 2. The number of nitrogens with one attached hydrogen (secondary N) is 1. The monoisotopic (exact) mass is 218 g/mol. The van der Waals surface area contributed by atoms with E-state index < -0.39 is 0 Å². The lowest BCUT2D eigenvalue weighted by atomic mass is 10.1. The van der Waals surface area contributed by atoms with Crippen LogP contribution in [0.5, 0.6) is 0 Å². The number of hydrogen-bond acceptors (Lipinski definition) is 4. The topological polar surface area (TPSA) is 50.7 Å². The molecular weight excluding hydrogens is 200 g/mol. The maximum Gasteiger partial charge on any atom is 0.155 e. The molecule has 1 aromatic rings. The third-order valence-corrected chi connectivity index (χ3v) is 3.61. The van der Waals surface area contributed by atoms with Gasteiger partial charge in [-0.15, -0.1) is 5.10 Å². The van der Waals surface area contributed by atoms with Gasteiger partial charge in [-0.05, 0) is 38.6 Å². The summed E-state index contributed by atoms with van der Waals surface area (Å²) in [6.07, 6.45) is 7.12. The zero-order valence-corrected chi connectivity index (χ0v) is 9.58. The van der Waals surface area contributed by atoms with E-state index in [1.54, 1.807) is 0 Å². The van der Waals surface area contributed by atoms with Gasteiger partial charge < -0.3 is 5.32 Å². The smallest absolute Gasteiger partial charge is 0.155 e. The lowest BCUT2D eigenvalue weighted by Gasteiger charge is -2.09. The highest BCUT2D eigenvalue weighted by atomic mass is 15.2. The highest BCUT2D eigenvalue weighted by Gasteiger charge is 2.21. The van der Waals surface area contributed by atoms with Crippen LogP contribution in [-0.2, 0) is 12.8 Å². The van der Waals surface area contributed by atoms with E-state index in [2.05, 4.69) is 15.5 Å². The summed E-state index contributed by atoms with van der Waals surface area (Å²) >= 11 is 0. The molecule has 0 amide bonds. The van der Waals surface area contributed by atoms with Crippen LogP contribution in [0.4, 0.5) is 0 Å². The summed E-state index contributed by atoms with van der Waals surface area (Å²) < 4.78 is 0. The van der Waals surface area contributed by atoms with Crippen molar-refractivity contribution in [1.29, 1.82) is 0 Å². The molecule has 1 saturated heterocycles. The largest absolute Gasteiger partial charge is 0.316 e. The molecule has 0 bridgehead atoms. The highest BCUT2D eigenvalue weighted by molar-refractivity contribution is 5.14. The summed E-state index contributed by atoms with van der Waals surface area (Å²) in [7, 11) is 0. The fourth-order valence-corrected chi connectivity index (χ4v) is 2.60. The van der Waals surface area contributed by atoms with Crippen LogP contribution in [0.2, 0.25) is 0 Å². The van der Waals surface area contributed by atoms with E-state index in [-0.39, 0.29) is 0 Å². The predicted molar refractivity (Wildman–Crippen MR) is 61.3 cm³/mol. The maximum absolute atomic E-state index is 4.74.